The Morgan fingerprint density at radius 2 is 2.00 bits per heavy atom. The quantitative estimate of drug-likeness (QED) is 0.633. The maximum absolute atomic E-state index is 5.60. The van der Waals surface area contributed by atoms with Gasteiger partial charge in [0.15, 0.2) is 0 Å². The third kappa shape index (κ3) is 4.60. The van der Waals surface area contributed by atoms with E-state index in [-0.39, 0.29) is 0 Å². The Hall–Kier alpha value is 0.170. The van der Waals surface area contributed by atoms with Crippen LogP contribution in [0.4, 0.5) is 0 Å². The van der Waals surface area contributed by atoms with Crippen LogP contribution in [0.1, 0.15) is 12.8 Å². The number of piperidine rings is 1. The number of halogens is 1. The lowest BCUT2D eigenvalue weighted by molar-refractivity contribution is 0.0103. The summed E-state index contributed by atoms with van der Waals surface area (Å²) in [5, 5.41) is 0. The van der Waals surface area contributed by atoms with Crippen LogP contribution in [-0.4, -0.2) is 56.8 Å². The van der Waals surface area contributed by atoms with E-state index in [1.54, 1.807) is 7.11 Å². The molecule has 0 bridgehead atoms. The Morgan fingerprint density at radius 3 is 2.57 bits per heavy atom. The Kier molecular flexibility index (Phi) is 6.52. The number of hydrogen-bond acceptors (Lipinski definition) is 3. The number of hydrogen-bond donors (Lipinski definition) is 0. The fourth-order valence-electron chi connectivity index (χ4n) is 1.73. The molecule has 3 nitrogen and oxygen atoms in total. The summed E-state index contributed by atoms with van der Waals surface area (Å²) in [7, 11) is 1.75. The Labute approximate surface area is 91.3 Å². The van der Waals surface area contributed by atoms with E-state index in [9.17, 15) is 0 Å². The van der Waals surface area contributed by atoms with Gasteiger partial charge in [-0.25, -0.2) is 0 Å². The Balaban J connectivity index is 2.05. The van der Waals surface area contributed by atoms with Crippen LogP contribution >= 0.6 is 11.6 Å². The fourth-order valence-corrected chi connectivity index (χ4v) is 1.82. The molecule has 1 aliphatic heterocycles. The maximum Gasteiger partial charge on any atom is 0.0605 e. The van der Waals surface area contributed by atoms with Crippen molar-refractivity contribution in [3.8, 4) is 0 Å². The van der Waals surface area contributed by atoms with Gasteiger partial charge in [0.05, 0.1) is 19.3 Å². The number of ether oxygens (including phenoxy) is 2. The second kappa shape index (κ2) is 7.46. The monoisotopic (exact) mass is 221 g/mol. The minimum absolute atomic E-state index is 0.424. The van der Waals surface area contributed by atoms with E-state index in [0.29, 0.717) is 18.6 Å². The number of rotatable bonds is 6. The van der Waals surface area contributed by atoms with Gasteiger partial charge < -0.3 is 14.4 Å². The molecule has 0 spiro atoms. The highest BCUT2D eigenvalue weighted by atomic mass is 35.5. The van der Waals surface area contributed by atoms with Crippen molar-refractivity contribution in [3.05, 3.63) is 0 Å². The molecule has 0 aromatic rings. The zero-order valence-electron chi connectivity index (χ0n) is 8.88. The number of methoxy groups -OCH3 is 1. The van der Waals surface area contributed by atoms with E-state index in [4.69, 9.17) is 21.1 Å². The molecule has 0 saturated carbocycles. The number of likely N-dealkylation sites (tertiary alicyclic amines) is 1. The highest BCUT2D eigenvalue weighted by molar-refractivity contribution is 6.17. The lowest BCUT2D eigenvalue weighted by atomic mass is 10.1. The van der Waals surface area contributed by atoms with E-state index in [1.165, 1.54) is 0 Å². The zero-order valence-corrected chi connectivity index (χ0v) is 9.63. The normalized spacial score (nSPS) is 20.1. The second-order valence-corrected chi connectivity index (χ2v) is 3.97. The van der Waals surface area contributed by atoms with Gasteiger partial charge in [-0.05, 0) is 12.8 Å². The van der Waals surface area contributed by atoms with Crippen molar-refractivity contribution >= 4 is 11.6 Å². The molecule has 0 aromatic carbocycles. The first-order chi connectivity index (χ1) is 6.86. The SMILES string of the molecule is COCCN1CCC(OCCCl)CC1. The molecule has 1 saturated heterocycles. The number of nitrogens with zero attached hydrogens (tertiary/aromatic N) is 1. The van der Waals surface area contributed by atoms with Gasteiger partial charge in [-0.2, -0.15) is 0 Å². The van der Waals surface area contributed by atoms with Gasteiger partial charge in [0.25, 0.3) is 0 Å². The third-order valence-electron chi connectivity index (χ3n) is 2.58. The standard InChI is InChI=1S/C10H20ClNO2/c1-13-9-7-12-5-2-10(3-6-12)14-8-4-11/h10H,2-9H2,1H3. The largest absolute Gasteiger partial charge is 0.383 e. The van der Waals surface area contributed by atoms with E-state index >= 15 is 0 Å². The first kappa shape index (κ1) is 12.2. The van der Waals surface area contributed by atoms with E-state index in [2.05, 4.69) is 4.90 Å². The van der Waals surface area contributed by atoms with Gasteiger partial charge in [-0.15, -0.1) is 11.6 Å². The molecule has 0 atom stereocenters. The van der Waals surface area contributed by atoms with Gasteiger partial charge in [-0.1, -0.05) is 0 Å². The van der Waals surface area contributed by atoms with Crippen molar-refractivity contribution in [2.24, 2.45) is 0 Å². The second-order valence-electron chi connectivity index (χ2n) is 3.59. The lowest BCUT2D eigenvalue weighted by Gasteiger charge is -2.31. The summed E-state index contributed by atoms with van der Waals surface area (Å²) >= 11 is 5.57. The first-order valence-corrected chi connectivity index (χ1v) is 5.79. The smallest absolute Gasteiger partial charge is 0.0605 e. The molecular formula is C10H20ClNO2. The average molecular weight is 222 g/mol. The van der Waals surface area contributed by atoms with Crippen molar-refractivity contribution in [1.82, 2.24) is 4.90 Å². The molecule has 0 unspecified atom stereocenters. The molecular weight excluding hydrogens is 202 g/mol. The molecule has 1 heterocycles. The molecule has 84 valence electrons. The van der Waals surface area contributed by atoms with Crippen molar-refractivity contribution < 1.29 is 9.47 Å². The molecule has 0 aliphatic carbocycles. The summed E-state index contributed by atoms with van der Waals surface area (Å²) in [4.78, 5) is 2.42. The minimum Gasteiger partial charge on any atom is -0.383 e. The van der Waals surface area contributed by atoms with E-state index < -0.39 is 0 Å². The van der Waals surface area contributed by atoms with Crippen LogP contribution in [0.5, 0.6) is 0 Å². The first-order valence-electron chi connectivity index (χ1n) is 5.25. The average Bonchev–Trinajstić information content (AvgIpc) is 2.25. The summed E-state index contributed by atoms with van der Waals surface area (Å²) < 4.78 is 10.6. The van der Waals surface area contributed by atoms with Crippen LogP contribution in [0, 0.1) is 0 Å². The highest BCUT2D eigenvalue weighted by Crippen LogP contribution is 2.13. The van der Waals surface area contributed by atoms with Gasteiger partial charge in [0.2, 0.25) is 0 Å². The van der Waals surface area contributed by atoms with Crippen LogP contribution in [0.25, 0.3) is 0 Å². The molecule has 1 aliphatic rings. The molecule has 1 rings (SSSR count). The van der Waals surface area contributed by atoms with Crippen LogP contribution < -0.4 is 0 Å². The summed E-state index contributed by atoms with van der Waals surface area (Å²) in [5.74, 6) is 0.601. The highest BCUT2D eigenvalue weighted by Gasteiger charge is 2.18. The van der Waals surface area contributed by atoms with Crippen molar-refractivity contribution in [2.45, 2.75) is 18.9 Å². The Morgan fingerprint density at radius 1 is 1.29 bits per heavy atom. The molecule has 0 amide bonds. The van der Waals surface area contributed by atoms with Gasteiger partial charge in [0, 0.05) is 32.6 Å². The van der Waals surface area contributed by atoms with Crippen LogP contribution in [0.3, 0.4) is 0 Å². The van der Waals surface area contributed by atoms with Crippen LogP contribution in [0.2, 0.25) is 0 Å². The van der Waals surface area contributed by atoms with Crippen molar-refractivity contribution in [1.29, 1.82) is 0 Å². The minimum atomic E-state index is 0.424. The van der Waals surface area contributed by atoms with Crippen molar-refractivity contribution in [3.63, 3.8) is 0 Å². The van der Waals surface area contributed by atoms with Crippen LogP contribution in [-0.2, 0) is 9.47 Å². The molecule has 0 aromatic heterocycles. The molecule has 14 heavy (non-hydrogen) atoms. The fraction of sp³-hybridized carbons (Fsp3) is 1.00. The van der Waals surface area contributed by atoms with E-state index in [0.717, 1.165) is 39.1 Å². The lowest BCUT2D eigenvalue weighted by Crippen LogP contribution is -2.38. The topological polar surface area (TPSA) is 21.7 Å². The van der Waals surface area contributed by atoms with Gasteiger partial charge in [-0.3, -0.25) is 0 Å². The molecule has 4 heteroatoms. The predicted molar refractivity (Wildman–Crippen MR) is 58.0 cm³/mol. The summed E-state index contributed by atoms with van der Waals surface area (Å²) in [5.41, 5.74) is 0. The summed E-state index contributed by atoms with van der Waals surface area (Å²) in [6.07, 6.45) is 2.67. The number of alkyl halides is 1. The molecule has 0 radical (unpaired) electrons. The predicted octanol–water partition coefficient (Wildman–Crippen LogP) is 1.35. The van der Waals surface area contributed by atoms with Gasteiger partial charge in [0.1, 0.15) is 0 Å². The Bertz CT molecular complexity index is 122. The molecule has 0 N–H and O–H groups in total. The van der Waals surface area contributed by atoms with E-state index in [1.807, 2.05) is 0 Å². The summed E-state index contributed by atoms with van der Waals surface area (Å²) in [6, 6.07) is 0. The van der Waals surface area contributed by atoms with Gasteiger partial charge >= 0.3 is 0 Å². The maximum atomic E-state index is 5.60. The van der Waals surface area contributed by atoms with Crippen molar-refractivity contribution in [2.75, 3.05) is 45.8 Å². The van der Waals surface area contributed by atoms with Crippen LogP contribution in [0.15, 0.2) is 0 Å². The third-order valence-corrected chi connectivity index (χ3v) is 2.73. The molecule has 1 fully saturated rings. The zero-order chi connectivity index (χ0) is 10.2. The summed E-state index contributed by atoms with van der Waals surface area (Å²) in [6.45, 7) is 4.79.